The van der Waals surface area contributed by atoms with Gasteiger partial charge < -0.3 is 14.4 Å². The Kier molecular flexibility index (Phi) is 5.49. The molecule has 1 aliphatic heterocycles. The number of hydrogen-bond acceptors (Lipinski definition) is 6. The minimum atomic E-state index is -3.73. The molecule has 28 heavy (non-hydrogen) atoms. The number of carbonyl (C=O) groups is 1. The van der Waals surface area contributed by atoms with Crippen molar-refractivity contribution in [1.29, 1.82) is 0 Å². The van der Waals surface area contributed by atoms with Crippen molar-refractivity contribution < 1.29 is 22.7 Å². The second kappa shape index (κ2) is 7.56. The zero-order valence-corrected chi connectivity index (χ0v) is 17.3. The predicted octanol–water partition coefficient (Wildman–Crippen LogP) is 2.48. The highest BCUT2D eigenvalue weighted by atomic mass is 32.2. The first-order valence-electron chi connectivity index (χ1n) is 9.03. The molecule has 0 aliphatic carbocycles. The summed E-state index contributed by atoms with van der Waals surface area (Å²) in [6.07, 6.45) is 1.10. The normalized spacial score (nSPS) is 16.2. The summed E-state index contributed by atoms with van der Waals surface area (Å²) in [6.45, 7) is 6.38. The number of methoxy groups -OCH3 is 1. The summed E-state index contributed by atoms with van der Waals surface area (Å²) in [5.41, 5.74) is -0.587. The van der Waals surface area contributed by atoms with E-state index in [0.717, 1.165) is 0 Å². The molecule has 0 unspecified atom stereocenters. The van der Waals surface area contributed by atoms with Crippen molar-refractivity contribution in [1.82, 2.24) is 14.2 Å². The van der Waals surface area contributed by atoms with E-state index in [9.17, 15) is 13.2 Å². The van der Waals surface area contributed by atoms with Crippen LogP contribution in [0.1, 0.15) is 20.8 Å². The standard InChI is InChI=1S/C19H25N3O5S/c1-19(2,3)27-18(23)21-10-12-22(13-11-21)28(24,25)16-7-5-6-15-14(16)8-9-20-17(15)26-4/h5-9H,10-13H2,1-4H3. The van der Waals surface area contributed by atoms with Gasteiger partial charge in [-0.25, -0.2) is 18.2 Å². The van der Waals surface area contributed by atoms with Crippen LogP contribution < -0.4 is 4.74 Å². The lowest BCUT2D eigenvalue weighted by Gasteiger charge is -2.35. The Hall–Kier alpha value is -2.39. The largest absolute Gasteiger partial charge is 0.481 e. The van der Waals surface area contributed by atoms with E-state index in [2.05, 4.69) is 4.98 Å². The number of fused-ring (bicyclic) bond motifs is 1. The van der Waals surface area contributed by atoms with Crippen LogP contribution in [0.5, 0.6) is 5.88 Å². The molecule has 1 fully saturated rings. The van der Waals surface area contributed by atoms with Crippen LogP contribution in [0.4, 0.5) is 4.79 Å². The van der Waals surface area contributed by atoms with Crippen molar-refractivity contribution in [3.8, 4) is 5.88 Å². The maximum atomic E-state index is 13.2. The van der Waals surface area contributed by atoms with Gasteiger partial charge in [0.2, 0.25) is 15.9 Å². The molecule has 0 saturated carbocycles. The van der Waals surface area contributed by atoms with Crippen LogP contribution in [0, 0.1) is 0 Å². The van der Waals surface area contributed by atoms with Gasteiger partial charge in [0.25, 0.3) is 0 Å². The Morgan fingerprint density at radius 3 is 2.36 bits per heavy atom. The SMILES string of the molecule is COc1nccc2c(S(=O)(=O)N3CCN(C(=O)OC(C)(C)C)CC3)cccc12. The van der Waals surface area contributed by atoms with E-state index in [1.165, 1.54) is 22.5 Å². The average Bonchev–Trinajstić information content (AvgIpc) is 2.65. The summed E-state index contributed by atoms with van der Waals surface area (Å²) in [5, 5.41) is 1.20. The van der Waals surface area contributed by atoms with E-state index in [4.69, 9.17) is 9.47 Å². The van der Waals surface area contributed by atoms with Crippen LogP contribution in [0.2, 0.25) is 0 Å². The Balaban J connectivity index is 1.82. The number of rotatable bonds is 3. The van der Waals surface area contributed by atoms with Crippen molar-refractivity contribution in [3.05, 3.63) is 30.5 Å². The van der Waals surface area contributed by atoms with E-state index in [1.54, 1.807) is 45.0 Å². The second-order valence-electron chi connectivity index (χ2n) is 7.54. The minimum absolute atomic E-state index is 0.205. The first-order valence-corrected chi connectivity index (χ1v) is 10.5. The fourth-order valence-electron chi connectivity index (χ4n) is 3.12. The van der Waals surface area contributed by atoms with Gasteiger partial charge in [-0.1, -0.05) is 6.07 Å². The molecular weight excluding hydrogens is 382 g/mol. The fourth-order valence-corrected chi connectivity index (χ4v) is 4.74. The number of piperazine rings is 1. The number of sulfonamides is 1. The molecule has 1 aliphatic rings. The molecule has 0 atom stereocenters. The maximum Gasteiger partial charge on any atom is 0.410 e. The number of hydrogen-bond donors (Lipinski definition) is 0. The molecule has 9 heteroatoms. The third-order valence-corrected chi connectivity index (χ3v) is 6.39. The number of ether oxygens (including phenoxy) is 2. The van der Waals surface area contributed by atoms with Crippen molar-refractivity contribution >= 4 is 26.9 Å². The number of carbonyl (C=O) groups excluding carboxylic acids is 1. The van der Waals surface area contributed by atoms with Crippen LogP contribution in [0.3, 0.4) is 0 Å². The summed E-state index contributed by atoms with van der Waals surface area (Å²) in [4.78, 5) is 18.1. The lowest BCUT2D eigenvalue weighted by atomic mass is 10.2. The minimum Gasteiger partial charge on any atom is -0.481 e. The average molecular weight is 407 g/mol. The van der Waals surface area contributed by atoms with Gasteiger partial charge in [-0.15, -0.1) is 0 Å². The van der Waals surface area contributed by atoms with Crippen LogP contribution in [-0.4, -0.2) is 67.6 Å². The van der Waals surface area contributed by atoms with E-state index < -0.39 is 21.7 Å². The van der Waals surface area contributed by atoms with Crippen molar-refractivity contribution in [2.24, 2.45) is 0 Å². The van der Waals surface area contributed by atoms with Crippen LogP contribution in [-0.2, 0) is 14.8 Å². The Morgan fingerprint density at radius 2 is 1.75 bits per heavy atom. The molecule has 2 heterocycles. The smallest absolute Gasteiger partial charge is 0.410 e. The van der Waals surface area contributed by atoms with Crippen LogP contribution >= 0.6 is 0 Å². The molecule has 152 valence electrons. The van der Waals surface area contributed by atoms with Gasteiger partial charge in [0.15, 0.2) is 0 Å². The van der Waals surface area contributed by atoms with Crippen LogP contribution in [0.25, 0.3) is 10.8 Å². The molecule has 0 N–H and O–H groups in total. The lowest BCUT2D eigenvalue weighted by molar-refractivity contribution is 0.0192. The second-order valence-corrected chi connectivity index (χ2v) is 9.45. The first-order chi connectivity index (χ1) is 13.1. The summed E-state index contributed by atoms with van der Waals surface area (Å²) in [5.74, 6) is 0.379. The summed E-state index contributed by atoms with van der Waals surface area (Å²) in [7, 11) is -2.23. The van der Waals surface area contributed by atoms with E-state index in [-0.39, 0.29) is 31.1 Å². The van der Waals surface area contributed by atoms with Gasteiger partial charge >= 0.3 is 6.09 Å². The Bertz CT molecular complexity index is 977. The van der Waals surface area contributed by atoms with Crippen molar-refractivity contribution in [2.75, 3.05) is 33.3 Å². The molecule has 1 saturated heterocycles. The molecule has 0 spiro atoms. The highest BCUT2D eigenvalue weighted by molar-refractivity contribution is 7.89. The topological polar surface area (TPSA) is 89.0 Å². The van der Waals surface area contributed by atoms with E-state index in [1.807, 2.05) is 0 Å². The quantitative estimate of drug-likeness (QED) is 0.777. The maximum absolute atomic E-state index is 13.2. The zero-order valence-electron chi connectivity index (χ0n) is 16.5. The zero-order chi connectivity index (χ0) is 20.5. The number of aromatic nitrogens is 1. The molecule has 0 radical (unpaired) electrons. The summed E-state index contributed by atoms with van der Waals surface area (Å²) >= 11 is 0. The molecule has 1 aromatic carbocycles. The monoisotopic (exact) mass is 407 g/mol. The van der Waals surface area contributed by atoms with Gasteiger partial charge in [0.1, 0.15) is 5.60 Å². The fraction of sp³-hybridized carbons (Fsp3) is 0.474. The lowest BCUT2D eigenvalue weighted by Crippen LogP contribution is -2.51. The summed E-state index contributed by atoms with van der Waals surface area (Å²) < 4.78 is 38.5. The number of pyridine rings is 1. The van der Waals surface area contributed by atoms with E-state index in [0.29, 0.717) is 16.7 Å². The number of benzene rings is 1. The molecule has 2 aromatic rings. The van der Waals surface area contributed by atoms with Crippen LogP contribution in [0.15, 0.2) is 35.4 Å². The summed E-state index contributed by atoms with van der Waals surface area (Å²) in [6, 6.07) is 6.70. The Labute approximate surface area is 165 Å². The van der Waals surface area contributed by atoms with Gasteiger partial charge in [-0.3, -0.25) is 0 Å². The van der Waals surface area contributed by atoms with Gasteiger partial charge in [0.05, 0.1) is 12.0 Å². The highest BCUT2D eigenvalue weighted by Gasteiger charge is 2.32. The van der Waals surface area contributed by atoms with Crippen molar-refractivity contribution in [3.63, 3.8) is 0 Å². The predicted molar refractivity (Wildman–Crippen MR) is 105 cm³/mol. The molecule has 8 nitrogen and oxygen atoms in total. The highest BCUT2D eigenvalue weighted by Crippen LogP contribution is 2.30. The first kappa shape index (κ1) is 20.3. The van der Waals surface area contributed by atoms with Gasteiger partial charge in [-0.2, -0.15) is 4.31 Å². The number of nitrogens with zero attached hydrogens (tertiary/aromatic N) is 3. The molecule has 1 aromatic heterocycles. The van der Waals surface area contributed by atoms with Crippen molar-refractivity contribution in [2.45, 2.75) is 31.3 Å². The van der Waals surface area contributed by atoms with E-state index >= 15 is 0 Å². The van der Waals surface area contributed by atoms with Gasteiger partial charge in [0, 0.05) is 43.1 Å². The third kappa shape index (κ3) is 4.05. The molecule has 3 rings (SSSR count). The molecular formula is C19H25N3O5S. The number of amides is 1. The molecule has 1 amide bonds. The Morgan fingerprint density at radius 1 is 1.07 bits per heavy atom. The molecule has 0 bridgehead atoms. The van der Waals surface area contributed by atoms with Gasteiger partial charge in [-0.05, 0) is 39.0 Å². The third-order valence-electron chi connectivity index (χ3n) is 4.43.